The Balaban J connectivity index is 1.14. The van der Waals surface area contributed by atoms with E-state index in [2.05, 4.69) is 147 Å². The number of hydrogen-bond donors (Lipinski definition) is 0. The molecule has 0 N–H and O–H groups in total. The number of allylic oxidation sites excluding steroid dienone is 2. The van der Waals surface area contributed by atoms with Gasteiger partial charge in [0.1, 0.15) is 0 Å². The maximum Gasteiger partial charge on any atom is 0.164 e. The van der Waals surface area contributed by atoms with Crippen LogP contribution in [0.5, 0.6) is 0 Å². The molecule has 0 saturated heterocycles. The Morgan fingerprint density at radius 2 is 1.10 bits per heavy atom. The normalized spacial score (nSPS) is 14.8. The van der Waals surface area contributed by atoms with Gasteiger partial charge in [-0.05, 0) is 69.3 Å². The summed E-state index contributed by atoms with van der Waals surface area (Å²) in [6, 6.07) is 51.6. The summed E-state index contributed by atoms with van der Waals surface area (Å²) in [5, 5.41) is 4.55. The lowest BCUT2D eigenvalue weighted by Gasteiger charge is -2.39. The molecule has 0 amide bonds. The van der Waals surface area contributed by atoms with Crippen LogP contribution < -0.4 is 10.4 Å². The SMILES string of the molecule is C=c1cccc/c1=C/C=C(\C)c1ccc(C2(c3ccc(-c4nc(-c5ccccc5)nc(-c5ccc6ccccc6c5)n4)cc3)CCCCC2)cc1. The first-order valence-electron chi connectivity index (χ1n) is 18.0. The van der Waals surface area contributed by atoms with E-state index in [1.807, 2.05) is 24.3 Å². The maximum absolute atomic E-state index is 5.06. The Labute approximate surface area is 300 Å². The van der Waals surface area contributed by atoms with Gasteiger partial charge in [-0.15, -0.1) is 0 Å². The van der Waals surface area contributed by atoms with Gasteiger partial charge in [0, 0.05) is 22.1 Å². The van der Waals surface area contributed by atoms with E-state index in [0.29, 0.717) is 17.5 Å². The Hall–Kier alpha value is -5.93. The topological polar surface area (TPSA) is 38.7 Å². The highest BCUT2D eigenvalue weighted by Crippen LogP contribution is 2.45. The Morgan fingerprint density at radius 1 is 0.549 bits per heavy atom. The minimum absolute atomic E-state index is 0.0174. The second kappa shape index (κ2) is 14.1. The van der Waals surface area contributed by atoms with Crippen LogP contribution in [0.25, 0.3) is 63.2 Å². The van der Waals surface area contributed by atoms with Crippen LogP contribution in [0.4, 0.5) is 0 Å². The lowest BCUT2D eigenvalue weighted by Crippen LogP contribution is -2.30. The van der Waals surface area contributed by atoms with E-state index in [-0.39, 0.29) is 5.41 Å². The standard InChI is InChI=1S/C48H41N3/c1-34-13-7-8-14-36(34)20-19-35(2)37-23-27-43(28-24-37)48(31-11-4-12-32-48)44-29-25-40(26-30-44)46-49-45(39-16-5-3-6-17-39)50-47(51-46)42-22-21-38-15-9-10-18-41(38)33-42/h3,5-10,13-30,33H,1,4,11-12,31-32H2,2H3/b35-19+,36-20-. The van der Waals surface area contributed by atoms with E-state index in [0.717, 1.165) is 45.4 Å². The molecule has 0 aliphatic heterocycles. The van der Waals surface area contributed by atoms with Gasteiger partial charge in [-0.2, -0.15) is 0 Å². The zero-order valence-corrected chi connectivity index (χ0v) is 29.1. The van der Waals surface area contributed by atoms with Gasteiger partial charge in [0.25, 0.3) is 0 Å². The van der Waals surface area contributed by atoms with E-state index < -0.39 is 0 Å². The summed E-state index contributed by atoms with van der Waals surface area (Å²) < 4.78 is 0. The summed E-state index contributed by atoms with van der Waals surface area (Å²) in [6.45, 7) is 6.35. The molecule has 0 bridgehead atoms. The molecule has 7 aromatic rings. The van der Waals surface area contributed by atoms with Gasteiger partial charge in [-0.3, -0.25) is 0 Å². The van der Waals surface area contributed by atoms with Crippen LogP contribution in [0.2, 0.25) is 0 Å². The summed E-state index contributed by atoms with van der Waals surface area (Å²) in [4.78, 5) is 15.0. The molecule has 1 fully saturated rings. The predicted molar refractivity (Wildman–Crippen MR) is 213 cm³/mol. The molecule has 1 aromatic heterocycles. The summed E-state index contributed by atoms with van der Waals surface area (Å²) in [5.41, 5.74) is 8.15. The molecule has 1 aliphatic rings. The van der Waals surface area contributed by atoms with Crippen molar-refractivity contribution in [3.05, 3.63) is 179 Å². The minimum atomic E-state index is -0.0174. The first-order valence-corrected chi connectivity index (χ1v) is 18.0. The number of hydrogen-bond acceptors (Lipinski definition) is 3. The molecule has 8 rings (SSSR count). The fourth-order valence-corrected chi connectivity index (χ4v) is 7.58. The molecule has 248 valence electrons. The zero-order valence-electron chi connectivity index (χ0n) is 29.1. The molecule has 6 aromatic carbocycles. The van der Waals surface area contributed by atoms with Crippen molar-refractivity contribution in [3.63, 3.8) is 0 Å². The lowest BCUT2D eigenvalue weighted by molar-refractivity contribution is 0.346. The fourth-order valence-electron chi connectivity index (χ4n) is 7.58. The number of fused-ring (bicyclic) bond motifs is 1. The number of benzene rings is 6. The predicted octanol–water partition coefficient (Wildman–Crippen LogP) is 10.6. The molecule has 0 radical (unpaired) electrons. The van der Waals surface area contributed by atoms with Crippen molar-refractivity contribution in [1.29, 1.82) is 0 Å². The smallest absolute Gasteiger partial charge is 0.164 e. The number of aromatic nitrogens is 3. The maximum atomic E-state index is 5.06. The Morgan fingerprint density at radius 3 is 1.78 bits per heavy atom. The zero-order chi connectivity index (χ0) is 34.6. The van der Waals surface area contributed by atoms with Gasteiger partial charge in [-0.1, -0.05) is 178 Å². The third-order valence-corrected chi connectivity index (χ3v) is 10.5. The Kier molecular flexibility index (Phi) is 8.94. The Bertz CT molecular complexity index is 2460. The van der Waals surface area contributed by atoms with Gasteiger partial charge < -0.3 is 0 Å². The highest BCUT2D eigenvalue weighted by Gasteiger charge is 2.35. The van der Waals surface area contributed by atoms with Crippen molar-refractivity contribution in [2.24, 2.45) is 0 Å². The van der Waals surface area contributed by atoms with Gasteiger partial charge in [0.2, 0.25) is 0 Å². The minimum Gasteiger partial charge on any atom is -0.208 e. The van der Waals surface area contributed by atoms with Crippen molar-refractivity contribution >= 4 is 29.0 Å². The second-order valence-corrected chi connectivity index (χ2v) is 13.7. The summed E-state index contributed by atoms with van der Waals surface area (Å²) in [6.07, 6.45) is 10.4. The molecule has 0 spiro atoms. The monoisotopic (exact) mass is 659 g/mol. The van der Waals surface area contributed by atoms with Crippen molar-refractivity contribution in [2.75, 3.05) is 0 Å². The third-order valence-electron chi connectivity index (χ3n) is 10.5. The molecule has 3 heteroatoms. The van der Waals surface area contributed by atoms with Crippen LogP contribution in [0.15, 0.2) is 152 Å². The van der Waals surface area contributed by atoms with Gasteiger partial charge >= 0.3 is 0 Å². The third kappa shape index (κ3) is 6.68. The van der Waals surface area contributed by atoms with E-state index in [1.165, 1.54) is 46.9 Å². The summed E-state index contributed by atoms with van der Waals surface area (Å²) >= 11 is 0. The molecule has 51 heavy (non-hydrogen) atoms. The number of nitrogens with zero attached hydrogens (tertiary/aromatic N) is 3. The van der Waals surface area contributed by atoms with Crippen LogP contribution in [-0.2, 0) is 5.41 Å². The molecule has 3 nitrogen and oxygen atoms in total. The fraction of sp³-hybridized carbons (Fsp3) is 0.146. The van der Waals surface area contributed by atoms with E-state index in [4.69, 9.17) is 15.0 Å². The van der Waals surface area contributed by atoms with Crippen molar-refractivity contribution in [1.82, 2.24) is 15.0 Å². The van der Waals surface area contributed by atoms with Crippen LogP contribution in [0, 0.1) is 0 Å². The molecule has 0 atom stereocenters. The van der Waals surface area contributed by atoms with E-state index in [1.54, 1.807) is 0 Å². The van der Waals surface area contributed by atoms with Crippen LogP contribution >= 0.6 is 0 Å². The highest BCUT2D eigenvalue weighted by molar-refractivity contribution is 5.86. The number of rotatable bonds is 7. The van der Waals surface area contributed by atoms with Crippen molar-refractivity contribution < 1.29 is 0 Å². The average molecular weight is 660 g/mol. The molecule has 1 saturated carbocycles. The first kappa shape index (κ1) is 32.3. The summed E-state index contributed by atoms with van der Waals surface area (Å²) in [7, 11) is 0. The van der Waals surface area contributed by atoms with E-state index >= 15 is 0 Å². The van der Waals surface area contributed by atoms with Crippen LogP contribution in [0.3, 0.4) is 0 Å². The molecular weight excluding hydrogens is 619 g/mol. The van der Waals surface area contributed by atoms with Gasteiger partial charge in [-0.25, -0.2) is 15.0 Å². The summed E-state index contributed by atoms with van der Waals surface area (Å²) in [5.74, 6) is 2.03. The molecule has 1 aliphatic carbocycles. The molecular formula is C48H41N3. The van der Waals surface area contributed by atoms with Gasteiger partial charge in [0.15, 0.2) is 17.5 Å². The van der Waals surface area contributed by atoms with Gasteiger partial charge in [0.05, 0.1) is 0 Å². The van der Waals surface area contributed by atoms with Crippen LogP contribution in [0.1, 0.15) is 55.7 Å². The quantitative estimate of drug-likeness (QED) is 0.171. The van der Waals surface area contributed by atoms with Crippen molar-refractivity contribution in [2.45, 2.75) is 44.4 Å². The first-order chi connectivity index (χ1) is 25.1. The largest absolute Gasteiger partial charge is 0.208 e. The van der Waals surface area contributed by atoms with E-state index in [9.17, 15) is 0 Å². The second-order valence-electron chi connectivity index (χ2n) is 13.7. The average Bonchev–Trinajstić information content (AvgIpc) is 3.21. The highest BCUT2D eigenvalue weighted by atomic mass is 15.0. The molecule has 1 heterocycles. The van der Waals surface area contributed by atoms with Crippen molar-refractivity contribution in [3.8, 4) is 34.2 Å². The van der Waals surface area contributed by atoms with Crippen LogP contribution in [-0.4, -0.2) is 15.0 Å². The molecule has 0 unspecified atom stereocenters. The lowest BCUT2D eigenvalue weighted by atomic mass is 9.65.